The zero-order valence-corrected chi connectivity index (χ0v) is 16.1. The number of rotatable bonds is 5. The average Bonchev–Trinajstić information content (AvgIpc) is 2.96. The highest BCUT2D eigenvalue weighted by atomic mass is 16.5. The van der Waals surface area contributed by atoms with E-state index in [0.717, 1.165) is 18.4 Å². The Balaban J connectivity index is 1.80. The van der Waals surface area contributed by atoms with Gasteiger partial charge in [-0.15, -0.1) is 0 Å². The van der Waals surface area contributed by atoms with Gasteiger partial charge in [-0.2, -0.15) is 0 Å². The monoisotopic (exact) mass is 374 g/mol. The van der Waals surface area contributed by atoms with Crippen LogP contribution in [0.5, 0.6) is 5.75 Å². The fraction of sp³-hybridized carbons (Fsp3) is 0.550. The Morgan fingerprint density at radius 1 is 1.30 bits per heavy atom. The molecule has 0 bridgehead atoms. The number of nitrogens with zero attached hydrogens (tertiary/aromatic N) is 2. The molecule has 2 saturated heterocycles. The maximum Gasteiger partial charge on any atom is 0.310 e. The highest BCUT2D eigenvalue weighted by Crippen LogP contribution is 2.35. The number of benzene rings is 1. The number of hydrogen-bond donors (Lipinski definition) is 0. The molecule has 2 heterocycles. The fourth-order valence-electron chi connectivity index (χ4n) is 3.87. The van der Waals surface area contributed by atoms with Crippen LogP contribution in [-0.4, -0.2) is 55.5 Å². The third-order valence-corrected chi connectivity index (χ3v) is 5.21. The van der Waals surface area contributed by atoms with Crippen LogP contribution in [-0.2, 0) is 19.1 Å². The number of ether oxygens (including phenoxy) is 2. The number of carbonyl (C=O) groups is 3. The van der Waals surface area contributed by atoms with E-state index in [0.29, 0.717) is 31.1 Å². The van der Waals surface area contributed by atoms with Crippen LogP contribution in [0.3, 0.4) is 0 Å². The normalized spacial score (nSPS) is 23.6. The van der Waals surface area contributed by atoms with E-state index in [1.54, 1.807) is 19.1 Å². The van der Waals surface area contributed by atoms with Crippen LogP contribution < -0.4 is 9.64 Å². The molecule has 2 aliphatic rings. The maximum absolute atomic E-state index is 13.1. The largest absolute Gasteiger partial charge is 0.495 e. The van der Waals surface area contributed by atoms with E-state index in [1.807, 2.05) is 17.9 Å². The number of methoxy groups -OCH3 is 1. The van der Waals surface area contributed by atoms with Gasteiger partial charge < -0.3 is 9.47 Å². The van der Waals surface area contributed by atoms with Crippen molar-refractivity contribution >= 4 is 23.5 Å². The summed E-state index contributed by atoms with van der Waals surface area (Å²) in [7, 11) is 1.52. The number of amides is 2. The summed E-state index contributed by atoms with van der Waals surface area (Å²) < 4.78 is 10.5. The first-order chi connectivity index (χ1) is 13.0. The smallest absolute Gasteiger partial charge is 0.310 e. The second kappa shape index (κ2) is 8.08. The summed E-state index contributed by atoms with van der Waals surface area (Å²) in [5.41, 5.74) is 1.42. The minimum atomic E-state index is -0.542. The molecule has 1 aromatic rings. The van der Waals surface area contributed by atoms with Crippen molar-refractivity contribution in [1.82, 2.24) is 4.90 Å². The van der Waals surface area contributed by atoms with Gasteiger partial charge in [0.25, 0.3) is 5.91 Å². The van der Waals surface area contributed by atoms with Crippen molar-refractivity contribution in [1.29, 1.82) is 0 Å². The predicted octanol–water partition coefficient (Wildman–Crippen LogP) is 1.91. The molecule has 2 fully saturated rings. The Labute approximate surface area is 159 Å². The summed E-state index contributed by atoms with van der Waals surface area (Å²) in [5, 5.41) is 0. The van der Waals surface area contributed by atoms with Gasteiger partial charge in [0.15, 0.2) is 0 Å². The number of piperidine rings is 1. The Morgan fingerprint density at radius 2 is 2.07 bits per heavy atom. The number of carbonyl (C=O) groups excluding carboxylic acids is 3. The highest BCUT2D eigenvalue weighted by molar-refractivity contribution is 6.23. The van der Waals surface area contributed by atoms with Crippen LogP contribution >= 0.6 is 0 Å². The molecule has 0 spiro atoms. The molecule has 0 aliphatic carbocycles. The van der Waals surface area contributed by atoms with Crippen LogP contribution in [0.2, 0.25) is 0 Å². The van der Waals surface area contributed by atoms with E-state index in [1.165, 1.54) is 12.0 Å². The van der Waals surface area contributed by atoms with Crippen LogP contribution in [0.1, 0.15) is 31.7 Å². The van der Waals surface area contributed by atoms with Crippen molar-refractivity contribution in [3.8, 4) is 5.75 Å². The third kappa shape index (κ3) is 3.83. The Kier molecular flexibility index (Phi) is 5.79. The van der Waals surface area contributed by atoms with Gasteiger partial charge in [0.05, 0.1) is 37.8 Å². The Morgan fingerprint density at radius 3 is 2.78 bits per heavy atom. The number of hydrogen-bond acceptors (Lipinski definition) is 6. The number of esters is 1. The second-order valence-corrected chi connectivity index (χ2v) is 7.05. The topological polar surface area (TPSA) is 76.2 Å². The molecule has 2 amide bonds. The van der Waals surface area contributed by atoms with Gasteiger partial charge >= 0.3 is 5.97 Å². The molecule has 7 nitrogen and oxygen atoms in total. The van der Waals surface area contributed by atoms with Crippen LogP contribution in [0.15, 0.2) is 18.2 Å². The number of likely N-dealkylation sites (tertiary alicyclic amines) is 1. The first kappa shape index (κ1) is 19.4. The lowest BCUT2D eigenvalue weighted by Crippen LogP contribution is -2.48. The number of aryl methyl sites for hydroxylation is 1. The van der Waals surface area contributed by atoms with Crippen LogP contribution in [0, 0.1) is 12.8 Å². The van der Waals surface area contributed by atoms with E-state index < -0.39 is 6.04 Å². The van der Waals surface area contributed by atoms with E-state index >= 15 is 0 Å². The van der Waals surface area contributed by atoms with Crippen molar-refractivity contribution in [2.24, 2.45) is 5.92 Å². The fourth-order valence-corrected chi connectivity index (χ4v) is 3.87. The molecular weight excluding hydrogens is 348 g/mol. The Bertz CT molecular complexity index is 748. The summed E-state index contributed by atoms with van der Waals surface area (Å²) in [5.74, 6) is -0.480. The number of imide groups is 1. The molecule has 27 heavy (non-hydrogen) atoms. The van der Waals surface area contributed by atoms with Crippen molar-refractivity contribution in [3.05, 3.63) is 23.8 Å². The van der Waals surface area contributed by atoms with Gasteiger partial charge in [-0.05, 0) is 50.9 Å². The summed E-state index contributed by atoms with van der Waals surface area (Å²) in [6.45, 7) is 5.17. The van der Waals surface area contributed by atoms with Gasteiger partial charge in [0.2, 0.25) is 5.91 Å². The zero-order valence-electron chi connectivity index (χ0n) is 16.1. The molecule has 2 atom stereocenters. The highest BCUT2D eigenvalue weighted by Gasteiger charge is 2.45. The molecule has 7 heteroatoms. The quantitative estimate of drug-likeness (QED) is 0.579. The molecule has 0 N–H and O–H groups in total. The average molecular weight is 374 g/mol. The molecular formula is C20H26N2O5. The first-order valence-electron chi connectivity index (χ1n) is 9.38. The molecule has 0 saturated carbocycles. The molecule has 0 radical (unpaired) electrons. The molecule has 2 aliphatic heterocycles. The van der Waals surface area contributed by atoms with Gasteiger partial charge in [0, 0.05) is 6.54 Å². The van der Waals surface area contributed by atoms with Gasteiger partial charge in [-0.25, -0.2) is 4.90 Å². The van der Waals surface area contributed by atoms with Crippen LogP contribution in [0.25, 0.3) is 0 Å². The molecule has 1 aromatic carbocycles. The van der Waals surface area contributed by atoms with Crippen molar-refractivity contribution in [2.45, 2.75) is 39.2 Å². The molecule has 0 aromatic heterocycles. The molecule has 0 unspecified atom stereocenters. The SMILES string of the molecule is CCOC(=O)[C@@H]1CCCN([C@H]2CC(=O)N(c3cc(C)ccc3OC)C2=O)C1. The van der Waals surface area contributed by atoms with Crippen LogP contribution in [0.4, 0.5) is 5.69 Å². The third-order valence-electron chi connectivity index (χ3n) is 5.21. The van der Waals surface area contributed by atoms with Crippen molar-refractivity contribution in [2.75, 3.05) is 31.7 Å². The second-order valence-electron chi connectivity index (χ2n) is 7.05. The lowest BCUT2D eigenvalue weighted by Gasteiger charge is -2.34. The summed E-state index contributed by atoms with van der Waals surface area (Å²) >= 11 is 0. The van der Waals surface area contributed by atoms with E-state index in [2.05, 4.69) is 0 Å². The predicted molar refractivity (Wildman–Crippen MR) is 99.6 cm³/mol. The molecule has 146 valence electrons. The van der Waals surface area contributed by atoms with E-state index in [9.17, 15) is 14.4 Å². The molecule has 3 rings (SSSR count). The summed E-state index contributed by atoms with van der Waals surface area (Å²) in [4.78, 5) is 41.0. The number of anilines is 1. The van der Waals surface area contributed by atoms with Gasteiger partial charge in [0.1, 0.15) is 5.75 Å². The van der Waals surface area contributed by atoms with Gasteiger partial charge in [-0.1, -0.05) is 6.07 Å². The van der Waals surface area contributed by atoms with Crippen molar-refractivity contribution < 1.29 is 23.9 Å². The zero-order chi connectivity index (χ0) is 19.6. The maximum atomic E-state index is 13.1. The van der Waals surface area contributed by atoms with E-state index in [4.69, 9.17) is 9.47 Å². The minimum absolute atomic E-state index is 0.117. The standard InChI is InChI=1S/C20H26N2O5/c1-4-27-20(25)14-6-5-9-21(12-14)16-11-18(23)22(19(16)24)15-10-13(2)7-8-17(15)26-3/h7-8,10,14,16H,4-6,9,11-12H2,1-3H3/t14-,16+/m1/s1. The minimum Gasteiger partial charge on any atom is -0.495 e. The van der Waals surface area contributed by atoms with Gasteiger partial charge in [-0.3, -0.25) is 19.3 Å². The summed E-state index contributed by atoms with van der Waals surface area (Å²) in [6.07, 6.45) is 1.67. The lowest BCUT2D eigenvalue weighted by molar-refractivity contribution is -0.150. The van der Waals surface area contributed by atoms with Crippen molar-refractivity contribution in [3.63, 3.8) is 0 Å². The Hall–Kier alpha value is -2.41. The van der Waals surface area contributed by atoms with E-state index in [-0.39, 0.29) is 30.1 Å². The summed E-state index contributed by atoms with van der Waals surface area (Å²) in [6, 6.07) is 4.88. The first-order valence-corrected chi connectivity index (χ1v) is 9.38. The lowest BCUT2D eigenvalue weighted by atomic mass is 9.96.